The first-order chi connectivity index (χ1) is 11.9. The van der Waals surface area contributed by atoms with Crippen molar-refractivity contribution in [1.29, 1.82) is 0 Å². The Kier molecular flexibility index (Phi) is 4.25. The Bertz CT molecular complexity index is 1030. The van der Waals surface area contributed by atoms with Gasteiger partial charge in [-0.15, -0.1) is 4.91 Å². The normalized spacial score (nSPS) is 13.2. The van der Waals surface area contributed by atoms with Crippen LogP contribution in [0.4, 0.5) is 5.95 Å². The fourth-order valence-electron chi connectivity index (χ4n) is 2.50. The Labute approximate surface area is 144 Å². The number of hydrogen-bond donors (Lipinski definition) is 1. The number of nitrogens with two attached hydrogens (primary N) is 1. The molecule has 1 aromatic carbocycles. The van der Waals surface area contributed by atoms with E-state index in [1.165, 1.54) is 0 Å². The highest BCUT2D eigenvalue weighted by Crippen LogP contribution is 2.27. The van der Waals surface area contributed by atoms with Gasteiger partial charge in [0, 0.05) is 0 Å². The number of nitroso groups, excluding NO2 is 1. The van der Waals surface area contributed by atoms with E-state index in [9.17, 15) is 13.3 Å². The van der Waals surface area contributed by atoms with Crippen LogP contribution in [0.5, 0.6) is 0 Å². The van der Waals surface area contributed by atoms with Crippen LogP contribution in [0, 0.1) is 4.91 Å². The van der Waals surface area contributed by atoms with Crippen molar-refractivity contribution in [2.24, 2.45) is 5.18 Å². The van der Waals surface area contributed by atoms with E-state index in [-0.39, 0.29) is 11.6 Å². The number of imidazole rings is 1. The summed E-state index contributed by atoms with van der Waals surface area (Å²) in [6.07, 6.45) is 0. The molecule has 0 aliphatic rings. The number of fused-ring (bicyclic) bond motifs is 1. The first-order valence-corrected chi connectivity index (χ1v) is 9.13. The van der Waals surface area contributed by atoms with E-state index < -0.39 is 21.3 Å². The molecule has 2 aromatic heterocycles. The number of hydrogen-bond acceptors (Lipinski definition) is 7. The lowest BCUT2D eigenvalue weighted by Gasteiger charge is -2.12. The Morgan fingerprint density at radius 3 is 2.36 bits per heavy atom. The van der Waals surface area contributed by atoms with E-state index in [2.05, 4.69) is 15.1 Å². The molecule has 9 heteroatoms. The van der Waals surface area contributed by atoms with Crippen LogP contribution in [0.25, 0.3) is 11.2 Å². The van der Waals surface area contributed by atoms with Gasteiger partial charge in [-0.05, 0) is 31.5 Å². The monoisotopic (exact) mass is 359 g/mol. The minimum Gasteiger partial charge on any atom is -0.368 e. The minimum atomic E-state index is -3.75. The van der Waals surface area contributed by atoms with Gasteiger partial charge in [0.1, 0.15) is 5.52 Å². The molecule has 0 saturated carbocycles. The zero-order valence-corrected chi connectivity index (χ0v) is 14.5. The molecule has 130 valence electrons. The van der Waals surface area contributed by atoms with Crippen LogP contribution in [0.3, 0.4) is 0 Å². The van der Waals surface area contributed by atoms with E-state index in [4.69, 9.17) is 5.73 Å². The van der Waals surface area contributed by atoms with Crippen molar-refractivity contribution >= 4 is 27.1 Å². The van der Waals surface area contributed by atoms with E-state index in [0.29, 0.717) is 16.8 Å². The van der Waals surface area contributed by atoms with Crippen LogP contribution in [0.15, 0.2) is 47.6 Å². The molecule has 2 heterocycles. The van der Waals surface area contributed by atoms with E-state index in [1.54, 1.807) is 50.2 Å². The van der Waals surface area contributed by atoms with Gasteiger partial charge in [0.15, 0.2) is 11.7 Å². The van der Waals surface area contributed by atoms with Crippen LogP contribution >= 0.6 is 0 Å². The first-order valence-electron chi connectivity index (χ1n) is 7.63. The van der Waals surface area contributed by atoms with Gasteiger partial charge in [0.2, 0.25) is 16.0 Å². The highest BCUT2D eigenvalue weighted by Gasteiger charge is 2.26. The third-order valence-electron chi connectivity index (χ3n) is 3.86. The zero-order valence-electron chi connectivity index (χ0n) is 13.7. The van der Waals surface area contributed by atoms with Crippen molar-refractivity contribution in [3.05, 3.63) is 58.6 Å². The maximum absolute atomic E-state index is 12.6. The van der Waals surface area contributed by atoms with Gasteiger partial charge >= 0.3 is 0 Å². The number of benzene rings is 1. The molecule has 3 aromatic rings. The molecule has 0 saturated heterocycles. The van der Waals surface area contributed by atoms with Crippen molar-refractivity contribution in [3.63, 3.8) is 0 Å². The lowest BCUT2D eigenvalue weighted by atomic mass is 10.0. The molecule has 0 amide bonds. The second-order valence-corrected chi connectivity index (χ2v) is 8.16. The van der Waals surface area contributed by atoms with Crippen molar-refractivity contribution in [3.8, 4) is 0 Å². The first kappa shape index (κ1) is 17.0. The van der Waals surface area contributed by atoms with Crippen molar-refractivity contribution in [1.82, 2.24) is 13.9 Å². The van der Waals surface area contributed by atoms with Gasteiger partial charge in [0.05, 0.1) is 10.9 Å². The summed E-state index contributed by atoms with van der Waals surface area (Å²) in [5, 5.41) is 2.44. The summed E-state index contributed by atoms with van der Waals surface area (Å²) in [7, 11) is -3.75. The molecule has 0 fully saturated rings. The Morgan fingerprint density at radius 1 is 1.08 bits per heavy atom. The van der Waals surface area contributed by atoms with Gasteiger partial charge in [-0.3, -0.25) is 0 Å². The van der Waals surface area contributed by atoms with Gasteiger partial charge in [-0.25, -0.2) is 18.4 Å². The van der Waals surface area contributed by atoms with E-state index in [1.807, 2.05) is 6.07 Å². The van der Waals surface area contributed by atoms with Gasteiger partial charge in [-0.2, -0.15) is 3.97 Å². The Balaban J connectivity index is 2.22. The maximum atomic E-state index is 12.6. The van der Waals surface area contributed by atoms with Gasteiger partial charge in [-0.1, -0.05) is 35.5 Å². The Hall–Kier alpha value is -2.81. The summed E-state index contributed by atoms with van der Waals surface area (Å²) in [5.74, 6) is -0.163. The van der Waals surface area contributed by atoms with Crippen LogP contribution in [0.1, 0.15) is 31.1 Å². The largest absolute Gasteiger partial charge is 0.368 e. The van der Waals surface area contributed by atoms with Gasteiger partial charge in [0.25, 0.3) is 0 Å². The molecule has 1 unspecified atom stereocenters. The van der Waals surface area contributed by atoms with Crippen molar-refractivity contribution in [2.45, 2.75) is 25.1 Å². The topological polar surface area (TPSA) is 120 Å². The molecule has 0 aliphatic carbocycles. The second-order valence-electron chi connectivity index (χ2n) is 5.83. The molecule has 25 heavy (non-hydrogen) atoms. The number of rotatable bonds is 5. The predicted octanol–water partition coefficient (Wildman–Crippen LogP) is 2.46. The summed E-state index contributed by atoms with van der Waals surface area (Å²) in [4.78, 5) is 19.8. The third kappa shape index (κ3) is 2.86. The summed E-state index contributed by atoms with van der Waals surface area (Å²) in [6.45, 7) is 3.09. The molecule has 8 nitrogen and oxygen atoms in total. The van der Waals surface area contributed by atoms with Crippen LogP contribution < -0.4 is 5.73 Å². The average molecular weight is 359 g/mol. The van der Waals surface area contributed by atoms with E-state index >= 15 is 0 Å². The average Bonchev–Trinajstić information content (AvgIpc) is 2.92. The number of pyridine rings is 1. The van der Waals surface area contributed by atoms with Crippen LogP contribution in [-0.4, -0.2) is 27.6 Å². The van der Waals surface area contributed by atoms with Crippen molar-refractivity contribution < 1.29 is 8.42 Å². The fraction of sp³-hybridized carbons (Fsp3) is 0.250. The maximum Gasteiger partial charge on any atom is 0.245 e. The highest BCUT2D eigenvalue weighted by molar-refractivity contribution is 7.90. The summed E-state index contributed by atoms with van der Waals surface area (Å²) in [6, 6.07) is 11.3. The number of aromatic nitrogens is 3. The number of anilines is 1. The predicted molar refractivity (Wildman–Crippen MR) is 95.5 cm³/mol. The molecular weight excluding hydrogens is 342 g/mol. The third-order valence-corrected chi connectivity index (χ3v) is 5.92. The molecule has 0 radical (unpaired) electrons. The summed E-state index contributed by atoms with van der Waals surface area (Å²) >= 11 is 0. The lowest BCUT2D eigenvalue weighted by molar-refractivity contribution is 0.580. The van der Waals surface area contributed by atoms with Crippen molar-refractivity contribution in [2.75, 3.05) is 5.73 Å². The summed E-state index contributed by atoms with van der Waals surface area (Å²) in [5.41, 5.74) is 7.21. The molecule has 2 N–H and O–H groups in total. The summed E-state index contributed by atoms with van der Waals surface area (Å²) < 4.78 is 26.1. The highest BCUT2D eigenvalue weighted by atomic mass is 32.2. The molecule has 1 atom stereocenters. The zero-order chi connectivity index (χ0) is 18.2. The van der Waals surface area contributed by atoms with Gasteiger partial charge < -0.3 is 5.73 Å². The Morgan fingerprint density at radius 2 is 1.76 bits per heavy atom. The molecule has 0 bridgehead atoms. The van der Waals surface area contributed by atoms with Crippen LogP contribution in [0.2, 0.25) is 0 Å². The van der Waals surface area contributed by atoms with E-state index in [0.717, 1.165) is 3.97 Å². The SMILES string of the molecule is CC(C)S(=O)(=O)n1c(N)nc2ccc(C(N=O)c3ccccc3)nc21. The smallest absolute Gasteiger partial charge is 0.245 e. The number of nitrogen functional groups attached to an aromatic ring is 1. The minimum absolute atomic E-state index is 0.0910. The molecular formula is C16H17N5O3S. The quantitative estimate of drug-likeness (QED) is 0.699. The molecule has 0 spiro atoms. The standard InChI is InChI=1S/C16H17N5O3S/c1-10(2)25(23,24)21-15-13(19-16(21)17)9-8-12(18-15)14(20-22)11-6-4-3-5-7-11/h3-10,14H,1-2H3,(H2,17,19). The number of nitrogens with zero attached hydrogens (tertiary/aromatic N) is 4. The van der Waals surface area contributed by atoms with Crippen LogP contribution in [-0.2, 0) is 10.0 Å². The lowest BCUT2D eigenvalue weighted by Crippen LogP contribution is -2.24. The molecule has 0 aliphatic heterocycles. The fourth-order valence-corrected chi connectivity index (χ4v) is 3.60. The molecule has 3 rings (SSSR count). The second kappa shape index (κ2) is 6.25.